The standard InChI is InChI=1S/C15H12Cl2N2O5/c16-9-1-4-14(21)11(7-9)15(22)18(5-6-20)13-3-2-10(19(23)24)8-12(13)17/h1-4,7-8,20-21H,5-6H2. The fourth-order valence-electron chi connectivity index (χ4n) is 2.08. The number of aromatic hydroxyl groups is 1. The molecule has 0 saturated carbocycles. The smallest absolute Gasteiger partial charge is 0.271 e. The molecule has 2 aromatic rings. The number of phenolic OH excluding ortho intramolecular Hbond substituents is 1. The molecule has 0 bridgehead atoms. The summed E-state index contributed by atoms with van der Waals surface area (Å²) in [6.45, 7) is -0.497. The first-order chi connectivity index (χ1) is 11.3. The molecule has 9 heteroatoms. The van der Waals surface area contributed by atoms with Crippen molar-refractivity contribution in [2.45, 2.75) is 0 Å². The van der Waals surface area contributed by atoms with Gasteiger partial charge in [0.1, 0.15) is 5.75 Å². The van der Waals surface area contributed by atoms with E-state index in [9.17, 15) is 25.1 Å². The lowest BCUT2D eigenvalue weighted by molar-refractivity contribution is -0.384. The zero-order valence-electron chi connectivity index (χ0n) is 12.1. The summed E-state index contributed by atoms with van der Waals surface area (Å²) in [4.78, 5) is 24.0. The van der Waals surface area contributed by atoms with Crippen molar-refractivity contribution in [2.24, 2.45) is 0 Å². The van der Waals surface area contributed by atoms with Crippen molar-refractivity contribution in [2.75, 3.05) is 18.1 Å². The number of halogens is 2. The first-order valence-electron chi connectivity index (χ1n) is 6.70. The largest absolute Gasteiger partial charge is 0.507 e. The number of carbonyl (C=O) groups excluding carboxylic acids is 1. The third-order valence-corrected chi connectivity index (χ3v) is 3.73. The predicted octanol–water partition coefficient (Wildman–Crippen LogP) is 3.25. The number of benzene rings is 2. The third kappa shape index (κ3) is 3.76. The van der Waals surface area contributed by atoms with Gasteiger partial charge in [0.2, 0.25) is 0 Å². The summed E-state index contributed by atoms with van der Waals surface area (Å²) in [5.41, 5.74) is -0.142. The Morgan fingerprint density at radius 2 is 1.92 bits per heavy atom. The Morgan fingerprint density at radius 1 is 1.21 bits per heavy atom. The number of non-ortho nitro benzene ring substituents is 1. The minimum atomic E-state index is -0.653. The molecule has 126 valence electrons. The van der Waals surface area contributed by atoms with Crippen LogP contribution in [0.1, 0.15) is 10.4 Å². The fraction of sp³-hybridized carbons (Fsp3) is 0.133. The van der Waals surface area contributed by atoms with Gasteiger partial charge in [-0.1, -0.05) is 23.2 Å². The highest BCUT2D eigenvalue weighted by Crippen LogP contribution is 2.32. The summed E-state index contributed by atoms with van der Waals surface area (Å²) in [5, 5.41) is 30.1. The molecule has 0 aromatic heterocycles. The minimum Gasteiger partial charge on any atom is -0.507 e. The van der Waals surface area contributed by atoms with Crippen molar-refractivity contribution < 1.29 is 19.9 Å². The molecular formula is C15H12Cl2N2O5. The highest BCUT2D eigenvalue weighted by Gasteiger charge is 2.23. The molecule has 0 spiro atoms. The Balaban J connectivity index is 2.47. The molecule has 0 unspecified atom stereocenters. The molecule has 2 rings (SSSR count). The van der Waals surface area contributed by atoms with E-state index in [1.807, 2.05) is 0 Å². The molecule has 0 aliphatic rings. The van der Waals surface area contributed by atoms with Crippen LogP contribution in [-0.2, 0) is 0 Å². The summed E-state index contributed by atoms with van der Waals surface area (Å²) >= 11 is 11.9. The molecule has 0 aliphatic carbocycles. The maximum Gasteiger partial charge on any atom is 0.271 e. The van der Waals surface area contributed by atoms with Crippen LogP contribution in [0.5, 0.6) is 5.75 Å². The van der Waals surface area contributed by atoms with Gasteiger partial charge >= 0.3 is 0 Å². The number of hydrogen-bond acceptors (Lipinski definition) is 5. The molecule has 0 fully saturated rings. The summed E-state index contributed by atoms with van der Waals surface area (Å²) < 4.78 is 0. The predicted molar refractivity (Wildman–Crippen MR) is 90.0 cm³/mol. The molecule has 7 nitrogen and oxygen atoms in total. The van der Waals surface area contributed by atoms with E-state index in [1.165, 1.54) is 30.3 Å². The second-order valence-electron chi connectivity index (χ2n) is 4.73. The number of nitro groups is 1. The number of nitro benzene ring substituents is 1. The Kier molecular flexibility index (Phi) is 5.61. The molecular weight excluding hydrogens is 359 g/mol. The molecule has 0 radical (unpaired) electrons. The van der Waals surface area contributed by atoms with Gasteiger partial charge in [-0.3, -0.25) is 14.9 Å². The van der Waals surface area contributed by atoms with Gasteiger partial charge in [0.25, 0.3) is 11.6 Å². The highest BCUT2D eigenvalue weighted by molar-refractivity contribution is 6.34. The van der Waals surface area contributed by atoms with Gasteiger partial charge in [-0.15, -0.1) is 0 Å². The second kappa shape index (κ2) is 7.48. The van der Waals surface area contributed by atoms with Crippen LogP contribution in [0, 0.1) is 10.1 Å². The van der Waals surface area contributed by atoms with E-state index >= 15 is 0 Å². The van der Waals surface area contributed by atoms with E-state index in [0.717, 1.165) is 11.0 Å². The molecule has 0 heterocycles. The summed E-state index contributed by atoms with van der Waals surface area (Å²) in [7, 11) is 0. The molecule has 2 N–H and O–H groups in total. The van der Waals surface area contributed by atoms with E-state index in [1.54, 1.807) is 0 Å². The number of rotatable bonds is 5. The molecule has 24 heavy (non-hydrogen) atoms. The van der Waals surface area contributed by atoms with Crippen LogP contribution in [0.4, 0.5) is 11.4 Å². The first-order valence-corrected chi connectivity index (χ1v) is 7.46. The van der Waals surface area contributed by atoms with Gasteiger partial charge in [-0.05, 0) is 24.3 Å². The summed E-state index contributed by atoms with van der Waals surface area (Å²) in [6, 6.07) is 7.56. The second-order valence-corrected chi connectivity index (χ2v) is 5.58. The average molecular weight is 371 g/mol. The van der Waals surface area contributed by atoms with Crippen LogP contribution >= 0.6 is 23.2 Å². The highest BCUT2D eigenvalue weighted by atomic mass is 35.5. The lowest BCUT2D eigenvalue weighted by atomic mass is 10.1. The number of aliphatic hydroxyl groups excluding tert-OH is 1. The van der Waals surface area contributed by atoms with Crippen LogP contribution < -0.4 is 4.90 Å². The minimum absolute atomic E-state index is 0.0347. The van der Waals surface area contributed by atoms with E-state index in [-0.39, 0.29) is 45.9 Å². The maximum absolute atomic E-state index is 12.7. The van der Waals surface area contributed by atoms with Crippen LogP contribution in [0.3, 0.4) is 0 Å². The van der Waals surface area contributed by atoms with Gasteiger partial charge in [-0.2, -0.15) is 0 Å². The molecule has 0 aliphatic heterocycles. The van der Waals surface area contributed by atoms with E-state index in [2.05, 4.69) is 0 Å². The average Bonchev–Trinajstić information content (AvgIpc) is 2.54. The Morgan fingerprint density at radius 3 is 2.50 bits per heavy atom. The number of amides is 1. The Hall–Kier alpha value is -2.35. The molecule has 0 saturated heterocycles. The zero-order valence-corrected chi connectivity index (χ0v) is 13.7. The summed E-state index contributed by atoms with van der Waals surface area (Å²) in [5.74, 6) is -0.940. The van der Waals surface area contributed by atoms with Gasteiger partial charge in [0.05, 0.1) is 27.8 Å². The molecule has 2 aromatic carbocycles. The van der Waals surface area contributed by atoms with Gasteiger partial charge < -0.3 is 15.1 Å². The van der Waals surface area contributed by atoms with Crippen LogP contribution in [0.15, 0.2) is 36.4 Å². The van der Waals surface area contributed by atoms with Crippen molar-refractivity contribution in [3.05, 3.63) is 62.1 Å². The number of anilines is 1. The monoisotopic (exact) mass is 370 g/mol. The van der Waals surface area contributed by atoms with Gasteiger partial charge in [-0.25, -0.2) is 0 Å². The number of carbonyl (C=O) groups is 1. The first kappa shape index (κ1) is 18.0. The van der Waals surface area contributed by atoms with E-state index in [4.69, 9.17) is 23.2 Å². The number of hydrogen-bond donors (Lipinski definition) is 2. The number of phenols is 1. The number of aliphatic hydroxyl groups is 1. The SMILES string of the molecule is O=C(c1cc(Cl)ccc1O)N(CCO)c1ccc([N+](=O)[O-])cc1Cl. The maximum atomic E-state index is 12.7. The van der Waals surface area contributed by atoms with Crippen molar-refractivity contribution in [3.8, 4) is 5.75 Å². The number of nitrogens with zero attached hydrogens (tertiary/aromatic N) is 2. The van der Waals surface area contributed by atoms with E-state index < -0.39 is 10.8 Å². The van der Waals surface area contributed by atoms with Crippen molar-refractivity contribution >= 4 is 40.5 Å². The van der Waals surface area contributed by atoms with Crippen molar-refractivity contribution in [1.29, 1.82) is 0 Å². The van der Waals surface area contributed by atoms with E-state index in [0.29, 0.717) is 0 Å². The van der Waals surface area contributed by atoms with Crippen LogP contribution in [0.25, 0.3) is 0 Å². The lowest BCUT2D eigenvalue weighted by Gasteiger charge is -2.23. The third-order valence-electron chi connectivity index (χ3n) is 3.19. The quantitative estimate of drug-likeness (QED) is 0.620. The van der Waals surface area contributed by atoms with Crippen LogP contribution in [-0.4, -0.2) is 34.2 Å². The molecule has 0 atom stereocenters. The Bertz CT molecular complexity index is 797. The lowest BCUT2D eigenvalue weighted by Crippen LogP contribution is -2.33. The van der Waals surface area contributed by atoms with Crippen molar-refractivity contribution in [1.82, 2.24) is 0 Å². The fourth-order valence-corrected chi connectivity index (χ4v) is 2.53. The van der Waals surface area contributed by atoms with Crippen LogP contribution in [0.2, 0.25) is 10.0 Å². The van der Waals surface area contributed by atoms with Gasteiger partial charge in [0, 0.05) is 23.7 Å². The van der Waals surface area contributed by atoms with Crippen molar-refractivity contribution in [3.63, 3.8) is 0 Å². The zero-order chi connectivity index (χ0) is 17.9. The normalized spacial score (nSPS) is 10.5. The van der Waals surface area contributed by atoms with Gasteiger partial charge in [0.15, 0.2) is 0 Å². The Labute approximate surface area is 146 Å². The molecule has 1 amide bonds. The summed E-state index contributed by atoms with van der Waals surface area (Å²) in [6.07, 6.45) is 0. The topological polar surface area (TPSA) is 104 Å².